The third-order valence-corrected chi connectivity index (χ3v) is 9.84. The molecule has 6 heteroatoms. The summed E-state index contributed by atoms with van der Waals surface area (Å²) in [7, 11) is 0. The van der Waals surface area contributed by atoms with E-state index in [1.165, 1.54) is 55.0 Å². The molecular formula is C56H47FIrN3O. The number of aryl methyl sites for hydroxylation is 6. The number of pyridine rings is 3. The molecule has 0 aliphatic carbocycles. The number of halogens is 1. The second-order valence-corrected chi connectivity index (χ2v) is 15.8. The van der Waals surface area contributed by atoms with Gasteiger partial charge in [0.05, 0.1) is 5.58 Å². The van der Waals surface area contributed by atoms with E-state index in [2.05, 4.69) is 33.2 Å². The molecule has 0 N–H and O–H groups in total. The van der Waals surface area contributed by atoms with Gasteiger partial charge in [-0.2, -0.15) is 0 Å². The molecule has 62 heavy (non-hydrogen) atoms. The van der Waals surface area contributed by atoms with Gasteiger partial charge in [-0.3, -0.25) is 0 Å². The minimum atomic E-state index is -3.17. The summed E-state index contributed by atoms with van der Waals surface area (Å²) in [5.74, 6) is -0.485. The molecule has 9 rings (SSSR count). The van der Waals surface area contributed by atoms with Crippen molar-refractivity contribution in [2.75, 3.05) is 0 Å². The molecule has 9 aromatic rings. The first-order valence-corrected chi connectivity index (χ1v) is 19.8. The first-order valence-electron chi connectivity index (χ1n) is 25.8. The monoisotopic (exact) mass is 1000 g/mol. The van der Waals surface area contributed by atoms with E-state index in [9.17, 15) is 20.8 Å². The van der Waals surface area contributed by atoms with Crippen LogP contribution in [0.4, 0.5) is 4.39 Å². The van der Waals surface area contributed by atoms with Crippen LogP contribution in [0.5, 0.6) is 0 Å². The molecule has 0 spiro atoms. The number of aromatic nitrogens is 3. The predicted molar refractivity (Wildman–Crippen MR) is 245 cm³/mol. The Labute approximate surface area is 394 Å². The molecule has 0 bridgehead atoms. The minimum Gasteiger partial charge on any atom is -0.500 e. The summed E-state index contributed by atoms with van der Waals surface area (Å²) in [5.41, 5.74) is 0.969. The Bertz CT molecular complexity index is 3370. The third kappa shape index (κ3) is 10.2. The summed E-state index contributed by atoms with van der Waals surface area (Å²) in [6.07, 6.45) is -14.5. The van der Waals surface area contributed by atoms with Gasteiger partial charge in [-0.25, -0.2) is 4.39 Å². The van der Waals surface area contributed by atoms with Gasteiger partial charge in [-0.05, 0) is 118 Å². The maximum Gasteiger partial charge on any atom is 3.00 e. The van der Waals surface area contributed by atoms with Gasteiger partial charge in [0, 0.05) is 46.5 Å². The molecule has 0 saturated heterocycles. The molecule has 4 heterocycles. The van der Waals surface area contributed by atoms with Crippen molar-refractivity contribution in [1.82, 2.24) is 15.0 Å². The summed E-state index contributed by atoms with van der Waals surface area (Å²) in [6.45, 7) is 5.78. The Morgan fingerprint density at radius 2 is 1.13 bits per heavy atom. The fraction of sp³-hybridized carbons (Fsp3) is 0.196. The number of hydrogen-bond acceptors (Lipinski definition) is 4. The number of nitrogens with zero attached hydrogens (tertiary/aromatic N) is 3. The van der Waals surface area contributed by atoms with Crippen molar-refractivity contribution in [3.8, 4) is 33.8 Å². The van der Waals surface area contributed by atoms with Gasteiger partial charge in [-0.15, -0.1) is 90.0 Å². The molecular weight excluding hydrogens is 942 g/mol. The molecule has 5 aromatic carbocycles. The first kappa shape index (κ1) is 30.1. The molecule has 308 valence electrons. The normalized spacial score (nSPS) is 15.8. The van der Waals surface area contributed by atoms with Gasteiger partial charge >= 0.3 is 20.1 Å². The van der Waals surface area contributed by atoms with E-state index in [0.29, 0.717) is 61.3 Å². The van der Waals surface area contributed by atoms with Gasteiger partial charge < -0.3 is 19.4 Å². The maximum atomic E-state index is 14.3. The topological polar surface area (TPSA) is 51.8 Å². The summed E-state index contributed by atoms with van der Waals surface area (Å²) >= 11 is 0. The Hall–Kier alpha value is -6.07. The Balaban J connectivity index is 0.00000729. The van der Waals surface area contributed by atoms with Crippen LogP contribution in [0.1, 0.15) is 76.2 Å². The fourth-order valence-corrected chi connectivity index (χ4v) is 7.00. The van der Waals surface area contributed by atoms with Crippen LogP contribution in [0.25, 0.3) is 55.7 Å². The Kier molecular flexibility index (Phi) is 9.16. The van der Waals surface area contributed by atoms with Crippen molar-refractivity contribution in [3.63, 3.8) is 0 Å². The number of fused-ring (bicyclic) bond motifs is 3. The van der Waals surface area contributed by atoms with Crippen molar-refractivity contribution in [2.45, 2.75) is 65.4 Å². The van der Waals surface area contributed by atoms with Crippen molar-refractivity contribution < 1.29 is 45.4 Å². The third-order valence-electron chi connectivity index (χ3n) is 9.84. The Morgan fingerprint density at radius 1 is 0.548 bits per heavy atom. The average molecular weight is 1000 g/mol. The number of furan rings is 1. The predicted octanol–water partition coefficient (Wildman–Crippen LogP) is 13.3. The van der Waals surface area contributed by atoms with Gasteiger partial charge in [0.25, 0.3) is 0 Å². The van der Waals surface area contributed by atoms with Crippen LogP contribution in [-0.4, -0.2) is 15.0 Å². The SMILES string of the molecule is [2H]C([2H])(c1ccc(-c2[c-]cccc2)nc1)C([2H])([2H])c1cc(C([2H])([2H])C([2H])([2H])c2ccc(-c3[c-]cccc3)nc2)cc(C([2H])([2H])C([2H])([2H])c2cnc(-c3[c-]ccc4c3oc3cc(F)ccc34)cc2CC(C)(C)C)c1.[Ir+3]. The number of benzene rings is 5. The van der Waals surface area contributed by atoms with E-state index in [0.717, 1.165) is 18.2 Å². The first-order chi connectivity index (χ1) is 34.2. The Morgan fingerprint density at radius 3 is 1.68 bits per heavy atom. The van der Waals surface area contributed by atoms with Crippen LogP contribution < -0.4 is 0 Å². The smallest absolute Gasteiger partial charge is 0.500 e. The van der Waals surface area contributed by atoms with Crippen LogP contribution in [0.3, 0.4) is 0 Å². The maximum absolute atomic E-state index is 14.3. The minimum absolute atomic E-state index is 0. The van der Waals surface area contributed by atoms with E-state index < -0.39 is 66.2 Å². The number of hydrogen-bond donors (Lipinski definition) is 0. The molecule has 0 radical (unpaired) electrons. The average Bonchev–Trinajstić information content (AvgIpc) is 3.74. The summed E-state index contributed by atoms with van der Waals surface area (Å²) < 4.78 is 135. The summed E-state index contributed by atoms with van der Waals surface area (Å²) in [4.78, 5) is 13.4. The van der Waals surface area contributed by atoms with Gasteiger partial charge in [0.2, 0.25) is 0 Å². The van der Waals surface area contributed by atoms with Crippen molar-refractivity contribution >= 4 is 21.9 Å². The molecule has 0 aliphatic rings. The molecule has 0 amide bonds. The largest absolute Gasteiger partial charge is 3.00 e. The van der Waals surface area contributed by atoms with Crippen LogP contribution in [0, 0.1) is 29.4 Å². The summed E-state index contributed by atoms with van der Waals surface area (Å²) in [5, 5.41) is 1.33. The number of rotatable bonds is 13. The van der Waals surface area contributed by atoms with Crippen LogP contribution in [-0.2, 0) is 64.8 Å². The van der Waals surface area contributed by atoms with E-state index >= 15 is 0 Å². The van der Waals surface area contributed by atoms with Crippen LogP contribution in [0.15, 0.2) is 150 Å². The quantitative estimate of drug-likeness (QED) is 0.108. The molecule has 4 aromatic heterocycles. The second-order valence-electron chi connectivity index (χ2n) is 15.8. The van der Waals surface area contributed by atoms with Gasteiger partial charge in [-0.1, -0.05) is 80.3 Å². The molecule has 0 saturated carbocycles. The zero-order chi connectivity index (χ0) is 52.5. The van der Waals surface area contributed by atoms with E-state index in [-0.39, 0.29) is 43.2 Å². The van der Waals surface area contributed by atoms with Gasteiger partial charge in [0.15, 0.2) is 0 Å². The fourth-order valence-electron chi connectivity index (χ4n) is 7.00. The molecule has 4 nitrogen and oxygen atoms in total. The van der Waals surface area contributed by atoms with Crippen LogP contribution >= 0.6 is 0 Å². The summed E-state index contributed by atoms with van der Waals surface area (Å²) in [6, 6.07) is 41.2. The molecule has 0 unspecified atom stereocenters. The second kappa shape index (κ2) is 18.9. The molecule has 0 atom stereocenters. The van der Waals surface area contributed by atoms with Crippen molar-refractivity contribution in [1.29, 1.82) is 0 Å². The van der Waals surface area contributed by atoms with Crippen molar-refractivity contribution in [3.05, 3.63) is 209 Å². The van der Waals surface area contributed by atoms with E-state index in [1.54, 1.807) is 72.8 Å². The molecule has 0 aliphatic heterocycles. The van der Waals surface area contributed by atoms with E-state index in [4.69, 9.17) is 4.42 Å². The van der Waals surface area contributed by atoms with Crippen LogP contribution in [0.2, 0.25) is 0 Å². The van der Waals surface area contributed by atoms with Gasteiger partial charge in [0.1, 0.15) is 11.4 Å². The zero-order valence-corrected chi connectivity index (χ0v) is 36.4. The van der Waals surface area contributed by atoms with Crippen molar-refractivity contribution in [2.24, 2.45) is 5.41 Å². The zero-order valence-electron chi connectivity index (χ0n) is 46.0. The standard InChI is InChI=1S/C56H47FN3O.Ir/c1-56(2,3)34-46-32-53(50-16-10-15-49-48-26-25-47(57)33-54(48)61-55(49)50)60-37-45(46)24-21-42-30-40(19-17-38-22-27-51(58-35-38)43-11-6-4-7-12-43)29-41(31-42)20-18-39-23-28-52(59-36-39)44-13-8-5-9-14-44;/h4-11,13,15,22-23,25-33,35-37H,17-21,24,34H2,1-3H3;/q-3;+3/i17D2,18D2,19D2,20D2,21D2,24D2;. The molecule has 0 fully saturated rings. The van der Waals surface area contributed by atoms with E-state index in [1.807, 2.05) is 20.8 Å².